The molecule has 2 nitrogen and oxygen atoms in total. The minimum absolute atomic E-state index is 0.473. The number of imidazole rings is 1. The number of rotatable bonds is 3. The lowest BCUT2D eigenvalue weighted by Crippen LogP contribution is -1.96. The van der Waals surface area contributed by atoms with Crippen LogP contribution in [0.4, 0.5) is 0 Å². The molecule has 2 aromatic rings. The second kappa shape index (κ2) is 4.49. The molecule has 0 saturated heterocycles. The van der Waals surface area contributed by atoms with E-state index in [1.54, 1.807) is 0 Å². The average molecular weight is 221 g/mol. The molecule has 1 heterocycles. The Kier molecular flexibility index (Phi) is 3.07. The number of hydrogen-bond acceptors (Lipinski definition) is 1. The van der Waals surface area contributed by atoms with Gasteiger partial charge in [-0.15, -0.1) is 11.6 Å². The van der Waals surface area contributed by atoms with E-state index in [1.807, 2.05) is 17.1 Å². The number of benzene rings is 1. The van der Waals surface area contributed by atoms with E-state index in [1.165, 1.54) is 11.1 Å². The third-order valence-electron chi connectivity index (χ3n) is 2.27. The number of halogens is 1. The molecule has 0 bridgehead atoms. The van der Waals surface area contributed by atoms with Gasteiger partial charge in [-0.05, 0) is 12.5 Å². The smallest absolute Gasteiger partial charge is 0.0953 e. The van der Waals surface area contributed by atoms with Gasteiger partial charge >= 0.3 is 0 Å². The second-order valence-electron chi connectivity index (χ2n) is 3.66. The number of hydrogen-bond donors (Lipinski definition) is 0. The lowest BCUT2D eigenvalue weighted by molar-refractivity contribution is 0.796. The van der Waals surface area contributed by atoms with E-state index in [2.05, 4.69) is 36.2 Å². The third-order valence-corrected chi connectivity index (χ3v) is 2.55. The summed E-state index contributed by atoms with van der Waals surface area (Å²) in [6.07, 6.45) is 3.80. The number of aryl methyl sites for hydroxylation is 1. The first-order chi connectivity index (χ1) is 7.28. The van der Waals surface area contributed by atoms with Crippen LogP contribution < -0.4 is 0 Å². The highest BCUT2D eigenvalue weighted by atomic mass is 35.5. The molecular formula is C12H13ClN2. The number of alkyl halides is 1. The van der Waals surface area contributed by atoms with Crippen LogP contribution in [0, 0.1) is 6.92 Å². The Morgan fingerprint density at radius 3 is 2.93 bits per heavy atom. The first kappa shape index (κ1) is 10.2. The van der Waals surface area contributed by atoms with Crippen LogP contribution in [0.3, 0.4) is 0 Å². The second-order valence-corrected chi connectivity index (χ2v) is 3.93. The van der Waals surface area contributed by atoms with Gasteiger partial charge in [-0.25, -0.2) is 4.98 Å². The monoisotopic (exact) mass is 220 g/mol. The van der Waals surface area contributed by atoms with Gasteiger partial charge in [0, 0.05) is 12.7 Å². The predicted molar refractivity (Wildman–Crippen MR) is 62.1 cm³/mol. The Balaban J connectivity index is 2.14. The van der Waals surface area contributed by atoms with E-state index in [0.29, 0.717) is 5.88 Å². The average Bonchev–Trinajstić information content (AvgIpc) is 2.65. The normalized spacial score (nSPS) is 10.5. The van der Waals surface area contributed by atoms with Gasteiger partial charge < -0.3 is 4.57 Å². The Hall–Kier alpha value is -1.28. The molecule has 0 N–H and O–H groups in total. The summed E-state index contributed by atoms with van der Waals surface area (Å²) >= 11 is 5.69. The van der Waals surface area contributed by atoms with E-state index >= 15 is 0 Å². The van der Waals surface area contributed by atoms with Crippen molar-refractivity contribution in [2.24, 2.45) is 0 Å². The zero-order valence-electron chi connectivity index (χ0n) is 8.65. The standard InChI is InChI=1S/C12H13ClN2/c1-10-3-2-4-11(5-10)7-15-8-12(6-13)14-9-15/h2-5,8-9H,6-7H2,1H3. The van der Waals surface area contributed by atoms with Gasteiger partial charge in [-0.1, -0.05) is 29.8 Å². The summed E-state index contributed by atoms with van der Waals surface area (Å²) in [6, 6.07) is 8.47. The molecule has 1 aromatic heterocycles. The predicted octanol–water partition coefficient (Wildman–Crippen LogP) is 2.98. The van der Waals surface area contributed by atoms with Gasteiger partial charge in [0.25, 0.3) is 0 Å². The van der Waals surface area contributed by atoms with Crippen molar-refractivity contribution in [3.63, 3.8) is 0 Å². The SMILES string of the molecule is Cc1cccc(Cn2cnc(CCl)c2)c1. The highest BCUT2D eigenvalue weighted by Gasteiger charge is 1.98. The molecule has 15 heavy (non-hydrogen) atoms. The lowest BCUT2D eigenvalue weighted by atomic mass is 10.1. The summed E-state index contributed by atoms with van der Waals surface area (Å²) in [6.45, 7) is 2.95. The molecule has 2 rings (SSSR count). The van der Waals surface area contributed by atoms with Crippen molar-refractivity contribution in [2.75, 3.05) is 0 Å². The topological polar surface area (TPSA) is 17.8 Å². The molecule has 0 aliphatic heterocycles. The Labute approximate surface area is 94.5 Å². The summed E-state index contributed by atoms with van der Waals surface area (Å²) in [4.78, 5) is 4.18. The van der Waals surface area contributed by atoms with E-state index in [9.17, 15) is 0 Å². The van der Waals surface area contributed by atoms with Crippen LogP contribution in [0.25, 0.3) is 0 Å². The Bertz CT molecular complexity index is 448. The maximum Gasteiger partial charge on any atom is 0.0953 e. The fourth-order valence-corrected chi connectivity index (χ4v) is 1.72. The van der Waals surface area contributed by atoms with Gasteiger partial charge in [0.05, 0.1) is 17.9 Å². The largest absolute Gasteiger partial charge is 0.333 e. The molecular weight excluding hydrogens is 208 g/mol. The van der Waals surface area contributed by atoms with Gasteiger partial charge in [0.15, 0.2) is 0 Å². The zero-order valence-corrected chi connectivity index (χ0v) is 9.41. The summed E-state index contributed by atoms with van der Waals surface area (Å²) in [5, 5.41) is 0. The van der Waals surface area contributed by atoms with Crippen LogP contribution in [0.15, 0.2) is 36.8 Å². The lowest BCUT2D eigenvalue weighted by Gasteiger charge is -2.02. The number of nitrogens with zero attached hydrogens (tertiary/aromatic N) is 2. The van der Waals surface area contributed by atoms with Gasteiger partial charge in [0.2, 0.25) is 0 Å². The van der Waals surface area contributed by atoms with E-state index < -0.39 is 0 Å². The molecule has 78 valence electrons. The molecule has 3 heteroatoms. The molecule has 0 unspecified atom stereocenters. The molecule has 0 radical (unpaired) electrons. The maximum absolute atomic E-state index is 5.69. The van der Waals surface area contributed by atoms with Crippen molar-refractivity contribution in [1.29, 1.82) is 0 Å². The van der Waals surface area contributed by atoms with Crippen LogP contribution in [-0.2, 0) is 12.4 Å². The summed E-state index contributed by atoms with van der Waals surface area (Å²) in [7, 11) is 0. The maximum atomic E-state index is 5.69. The molecule has 0 amide bonds. The van der Waals surface area contributed by atoms with Crippen LogP contribution in [0.2, 0.25) is 0 Å². The van der Waals surface area contributed by atoms with Crippen LogP contribution >= 0.6 is 11.6 Å². The molecule has 0 fully saturated rings. The van der Waals surface area contributed by atoms with Crippen LogP contribution in [-0.4, -0.2) is 9.55 Å². The first-order valence-corrected chi connectivity index (χ1v) is 5.43. The highest BCUT2D eigenvalue weighted by molar-refractivity contribution is 6.16. The third kappa shape index (κ3) is 2.60. The van der Waals surface area contributed by atoms with Crippen molar-refractivity contribution in [2.45, 2.75) is 19.3 Å². The minimum Gasteiger partial charge on any atom is -0.333 e. The fourth-order valence-electron chi connectivity index (χ4n) is 1.58. The van der Waals surface area contributed by atoms with Crippen molar-refractivity contribution in [3.05, 3.63) is 53.6 Å². The molecule has 0 aliphatic carbocycles. The zero-order chi connectivity index (χ0) is 10.7. The first-order valence-electron chi connectivity index (χ1n) is 4.90. The van der Waals surface area contributed by atoms with Crippen molar-refractivity contribution < 1.29 is 0 Å². The summed E-state index contributed by atoms with van der Waals surface area (Å²) < 4.78 is 2.05. The molecule has 0 atom stereocenters. The molecule has 0 spiro atoms. The molecule has 0 aliphatic rings. The Morgan fingerprint density at radius 2 is 2.27 bits per heavy atom. The van der Waals surface area contributed by atoms with Gasteiger partial charge in [-0.3, -0.25) is 0 Å². The molecule has 1 aromatic carbocycles. The van der Waals surface area contributed by atoms with E-state index in [4.69, 9.17) is 11.6 Å². The van der Waals surface area contributed by atoms with Crippen molar-refractivity contribution in [1.82, 2.24) is 9.55 Å². The van der Waals surface area contributed by atoms with Crippen LogP contribution in [0.1, 0.15) is 16.8 Å². The number of aromatic nitrogens is 2. The highest BCUT2D eigenvalue weighted by Crippen LogP contribution is 2.07. The van der Waals surface area contributed by atoms with Crippen molar-refractivity contribution >= 4 is 11.6 Å². The van der Waals surface area contributed by atoms with Crippen LogP contribution in [0.5, 0.6) is 0 Å². The fraction of sp³-hybridized carbons (Fsp3) is 0.250. The summed E-state index contributed by atoms with van der Waals surface area (Å²) in [5.74, 6) is 0.473. The minimum atomic E-state index is 0.473. The van der Waals surface area contributed by atoms with Gasteiger partial charge in [0.1, 0.15) is 0 Å². The quantitative estimate of drug-likeness (QED) is 0.728. The van der Waals surface area contributed by atoms with E-state index in [-0.39, 0.29) is 0 Å². The Morgan fingerprint density at radius 1 is 1.40 bits per heavy atom. The molecule has 0 saturated carbocycles. The van der Waals surface area contributed by atoms with Gasteiger partial charge in [-0.2, -0.15) is 0 Å². The van der Waals surface area contributed by atoms with Crippen molar-refractivity contribution in [3.8, 4) is 0 Å². The summed E-state index contributed by atoms with van der Waals surface area (Å²) in [5.41, 5.74) is 3.49. The van der Waals surface area contributed by atoms with E-state index in [0.717, 1.165) is 12.2 Å².